The first-order valence-corrected chi connectivity index (χ1v) is 5.86. The summed E-state index contributed by atoms with van der Waals surface area (Å²) >= 11 is 1.67. The number of nitrogens with zero attached hydrogens (tertiary/aromatic N) is 3. The van der Waals surface area contributed by atoms with Crippen LogP contribution in [0.4, 0.5) is 0 Å². The van der Waals surface area contributed by atoms with E-state index < -0.39 is 0 Å². The number of thiazole rings is 1. The summed E-state index contributed by atoms with van der Waals surface area (Å²) in [7, 11) is 0. The monoisotopic (exact) mass is 229 g/mol. The zero-order chi connectivity index (χ0) is 11.4. The molecule has 2 rings (SSSR count). The molecule has 0 aromatic carbocycles. The zero-order valence-electron chi connectivity index (χ0n) is 8.97. The molecule has 2 heterocycles. The molecule has 2 aromatic rings. The highest BCUT2D eigenvalue weighted by Gasteiger charge is 2.08. The van der Waals surface area contributed by atoms with Crippen LogP contribution in [0.1, 0.15) is 16.3 Å². The van der Waals surface area contributed by atoms with Gasteiger partial charge in [0.15, 0.2) is 0 Å². The Morgan fingerprint density at radius 3 is 2.81 bits per heavy atom. The van der Waals surface area contributed by atoms with E-state index in [1.807, 2.05) is 12.1 Å². The first kappa shape index (κ1) is 10.8. The van der Waals surface area contributed by atoms with Gasteiger partial charge in [-0.15, -0.1) is 11.3 Å². The molecular formula is C12H11N3S. The largest absolute Gasteiger partial charge is 0.265 e. The molecule has 2 aromatic heterocycles. The Hall–Kier alpha value is -1.73. The predicted octanol–water partition coefficient (Wildman–Crippen LogP) is 2.97. The van der Waals surface area contributed by atoms with Crippen LogP contribution in [0, 0.1) is 18.3 Å². The van der Waals surface area contributed by atoms with Crippen LogP contribution in [-0.4, -0.2) is 9.97 Å². The summed E-state index contributed by atoms with van der Waals surface area (Å²) in [4.78, 5) is 9.74. The first-order chi connectivity index (χ1) is 7.81. The number of aromatic nitrogens is 2. The van der Waals surface area contributed by atoms with E-state index >= 15 is 0 Å². The SMILES string of the molecule is Cc1sc(CCC#N)nc1-c1ccncc1. The molecule has 0 atom stereocenters. The van der Waals surface area contributed by atoms with Gasteiger partial charge >= 0.3 is 0 Å². The van der Waals surface area contributed by atoms with Gasteiger partial charge in [0.2, 0.25) is 0 Å². The maximum absolute atomic E-state index is 8.54. The molecule has 0 fully saturated rings. The van der Waals surface area contributed by atoms with Crippen molar-refractivity contribution in [2.75, 3.05) is 0 Å². The molecular weight excluding hydrogens is 218 g/mol. The van der Waals surface area contributed by atoms with E-state index in [1.54, 1.807) is 23.7 Å². The van der Waals surface area contributed by atoms with Crippen LogP contribution in [0.3, 0.4) is 0 Å². The molecule has 0 saturated heterocycles. The van der Waals surface area contributed by atoms with Crippen molar-refractivity contribution in [3.05, 3.63) is 34.4 Å². The first-order valence-electron chi connectivity index (χ1n) is 5.05. The molecule has 0 aliphatic rings. The van der Waals surface area contributed by atoms with Gasteiger partial charge in [0.1, 0.15) is 0 Å². The van der Waals surface area contributed by atoms with E-state index in [9.17, 15) is 0 Å². The Balaban J connectivity index is 2.29. The molecule has 0 unspecified atom stereocenters. The van der Waals surface area contributed by atoms with Crippen molar-refractivity contribution in [2.45, 2.75) is 19.8 Å². The van der Waals surface area contributed by atoms with E-state index in [4.69, 9.17) is 5.26 Å². The fourth-order valence-corrected chi connectivity index (χ4v) is 2.45. The van der Waals surface area contributed by atoms with Crippen molar-refractivity contribution in [3.8, 4) is 17.3 Å². The van der Waals surface area contributed by atoms with Gasteiger partial charge in [0.05, 0.1) is 16.8 Å². The highest BCUT2D eigenvalue weighted by molar-refractivity contribution is 7.12. The second kappa shape index (κ2) is 4.86. The number of hydrogen-bond donors (Lipinski definition) is 0. The van der Waals surface area contributed by atoms with Crippen molar-refractivity contribution < 1.29 is 0 Å². The lowest BCUT2D eigenvalue weighted by Crippen LogP contribution is -1.84. The highest BCUT2D eigenvalue weighted by Crippen LogP contribution is 2.27. The topological polar surface area (TPSA) is 49.6 Å². The Kier molecular flexibility index (Phi) is 3.28. The molecule has 16 heavy (non-hydrogen) atoms. The molecule has 0 N–H and O–H groups in total. The van der Waals surface area contributed by atoms with Gasteiger partial charge in [-0.25, -0.2) is 4.98 Å². The molecule has 0 amide bonds. The molecule has 4 heteroatoms. The number of hydrogen-bond acceptors (Lipinski definition) is 4. The van der Waals surface area contributed by atoms with Crippen molar-refractivity contribution in [3.63, 3.8) is 0 Å². The Labute approximate surface area is 98.4 Å². The fraction of sp³-hybridized carbons (Fsp3) is 0.250. The summed E-state index contributed by atoms with van der Waals surface area (Å²) in [5.41, 5.74) is 2.10. The summed E-state index contributed by atoms with van der Waals surface area (Å²) in [6.45, 7) is 2.06. The lowest BCUT2D eigenvalue weighted by molar-refractivity contribution is 0.990. The molecule has 0 radical (unpaired) electrons. The Bertz CT molecular complexity index is 511. The standard InChI is InChI=1S/C12H11N3S/c1-9-12(10-4-7-14-8-5-10)15-11(16-9)3-2-6-13/h4-5,7-8H,2-3H2,1H3. The van der Waals surface area contributed by atoms with Gasteiger partial charge in [-0.05, 0) is 19.1 Å². The third-order valence-corrected chi connectivity index (χ3v) is 3.28. The Morgan fingerprint density at radius 1 is 1.38 bits per heavy atom. The minimum Gasteiger partial charge on any atom is -0.265 e. The third kappa shape index (κ3) is 2.26. The van der Waals surface area contributed by atoms with Gasteiger partial charge in [0, 0.05) is 35.7 Å². The van der Waals surface area contributed by atoms with Gasteiger partial charge in [-0.1, -0.05) is 0 Å². The van der Waals surface area contributed by atoms with Gasteiger partial charge in [0.25, 0.3) is 0 Å². The van der Waals surface area contributed by atoms with Crippen molar-refractivity contribution in [2.24, 2.45) is 0 Å². The van der Waals surface area contributed by atoms with Crippen LogP contribution >= 0.6 is 11.3 Å². The summed E-state index contributed by atoms with van der Waals surface area (Å²) in [5.74, 6) is 0. The van der Waals surface area contributed by atoms with Crippen molar-refractivity contribution in [1.29, 1.82) is 5.26 Å². The second-order valence-corrected chi connectivity index (χ2v) is 4.69. The fourth-order valence-electron chi connectivity index (χ4n) is 1.50. The van der Waals surface area contributed by atoms with Crippen molar-refractivity contribution >= 4 is 11.3 Å². The van der Waals surface area contributed by atoms with Crippen LogP contribution in [-0.2, 0) is 6.42 Å². The summed E-state index contributed by atoms with van der Waals surface area (Å²) in [6.07, 6.45) is 4.81. The maximum Gasteiger partial charge on any atom is 0.0945 e. The summed E-state index contributed by atoms with van der Waals surface area (Å²) in [6, 6.07) is 6.05. The quantitative estimate of drug-likeness (QED) is 0.813. The lowest BCUT2D eigenvalue weighted by atomic mass is 10.2. The van der Waals surface area contributed by atoms with Crippen LogP contribution in [0.15, 0.2) is 24.5 Å². The third-order valence-electron chi connectivity index (χ3n) is 2.25. The summed E-state index contributed by atoms with van der Waals surface area (Å²) in [5, 5.41) is 9.57. The molecule has 0 saturated carbocycles. The lowest BCUT2D eigenvalue weighted by Gasteiger charge is -1.96. The van der Waals surface area contributed by atoms with E-state index in [-0.39, 0.29) is 0 Å². The average molecular weight is 229 g/mol. The molecule has 0 bridgehead atoms. The number of aryl methyl sites for hydroxylation is 2. The van der Waals surface area contributed by atoms with E-state index in [2.05, 4.69) is 23.0 Å². The number of rotatable bonds is 3. The van der Waals surface area contributed by atoms with Crippen LogP contribution in [0.5, 0.6) is 0 Å². The van der Waals surface area contributed by atoms with E-state index in [0.29, 0.717) is 6.42 Å². The van der Waals surface area contributed by atoms with Crippen LogP contribution in [0.2, 0.25) is 0 Å². The average Bonchev–Trinajstić information content (AvgIpc) is 2.69. The second-order valence-electron chi connectivity index (χ2n) is 3.41. The molecule has 80 valence electrons. The zero-order valence-corrected chi connectivity index (χ0v) is 9.79. The number of pyridine rings is 1. The maximum atomic E-state index is 8.54. The molecule has 0 aliphatic heterocycles. The van der Waals surface area contributed by atoms with Gasteiger partial charge < -0.3 is 0 Å². The van der Waals surface area contributed by atoms with Crippen LogP contribution in [0.25, 0.3) is 11.3 Å². The highest BCUT2D eigenvalue weighted by atomic mass is 32.1. The Morgan fingerprint density at radius 2 is 2.12 bits per heavy atom. The number of nitriles is 1. The smallest absolute Gasteiger partial charge is 0.0945 e. The molecule has 0 aliphatic carbocycles. The van der Waals surface area contributed by atoms with E-state index in [1.165, 1.54) is 4.88 Å². The molecule has 0 spiro atoms. The molecule has 3 nitrogen and oxygen atoms in total. The van der Waals surface area contributed by atoms with E-state index in [0.717, 1.165) is 22.7 Å². The predicted molar refractivity (Wildman–Crippen MR) is 64.0 cm³/mol. The van der Waals surface area contributed by atoms with Crippen LogP contribution < -0.4 is 0 Å². The normalized spacial score (nSPS) is 10.0. The van der Waals surface area contributed by atoms with Crippen molar-refractivity contribution in [1.82, 2.24) is 9.97 Å². The minimum absolute atomic E-state index is 0.530. The summed E-state index contributed by atoms with van der Waals surface area (Å²) < 4.78 is 0. The minimum atomic E-state index is 0.530. The van der Waals surface area contributed by atoms with Gasteiger partial charge in [-0.3, -0.25) is 4.98 Å². The van der Waals surface area contributed by atoms with Gasteiger partial charge in [-0.2, -0.15) is 5.26 Å².